The summed E-state index contributed by atoms with van der Waals surface area (Å²) in [5.74, 6) is 0.439. The van der Waals surface area contributed by atoms with Crippen LogP contribution in [0.5, 0.6) is 0 Å². The first-order chi connectivity index (χ1) is 10.8. The van der Waals surface area contributed by atoms with Gasteiger partial charge in [0.1, 0.15) is 0 Å². The third-order valence-electron chi connectivity index (χ3n) is 4.74. The summed E-state index contributed by atoms with van der Waals surface area (Å²) in [4.78, 5) is 12.7. The number of carbonyl (C=O) groups excluding carboxylic acids is 1. The summed E-state index contributed by atoms with van der Waals surface area (Å²) in [7, 11) is 0.824. The molecule has 0 aromatic heterocycles. The van der Waals surface area contributed by atoms with Gasteiger partial charge in [-0.1, -0.05) is 95.1 Å². The molecule has 0 fully saturated rings. The summed E-state index contributed by atoms with van der Waals surface area (Å²) in [6.45, 7) is 13.4. The van der Waals surface area contributed by atoms with Crippen LogP contribution in [-0.2, 0) is 4.79 Å². The minimum Gasteiger partial charge on any atom is -0.294 e. The predicted octanol–water partition coefficient (Wildman–Crippen LogP) is 7.14. The molecule has 0 aromatic carbocycles. The van der Waals surface area contributed by atoms with E-state index in [4.69, 9.17) is 0 Å². The molecule has 4 atom stereocenters. The summed E-state index contributed by atoms with van der Waals surface area (Å²) in [5, 5.41) is 0. The Hall–Kier alpha value is 0.270. The first-order valence-electron chi connectivity index (χ1n) is 9.53. The molecule has 0 bridgehead atoms. The first kappa shape index (κ1) is 21.3. The lowest BCUT2D eigenvalue weighted by Crippen LogP contribution is -2.37. The SMILES string of the molecule is CCCCCCCCCPP1C(C)C=C(C)C(=O)C1C(C)(C)C. The number of unbranched alkanes of at least 4 members (excludes halogenated alkanes) is 6. The normalized spacial score (nSPS) is 26.1. The molecule has 0 saturated carbocycles. The monoisotopic (exact) mass is 356 g/mol. The molecular weight excluding hydrogens is 318 g/mol. The van der Waals surface area contributed by atoms with E-state index in [1.165, 1.54) is 51.1 Å². The van der Waals surface area contributed by atoms with Gasteiger partial charge in [-0.2, -0.15) is 0 Å². The highest BCUT2D eigenvalue weighted by molar-refractivity contribution is 8.22. The van der Waals surface area contributed by atoms with Gasteiger partial charge in [-0.05, 0) is 36.2 Å². The second kappa shape index (κ2) is 10.3. The topological polar surface area (TPSA) is 17.1 Å². The summed E-state index contributed by atoms with van der Waals surface area (Å²) < 4.78 is 0. The molecule has 4 unspecified atom stereocenters. The van der Waals surface area contributed by atoms with Crippen molar-refractivity contribution in [3.63, 3.8) is 0 Å². The van der Waals surface area contributed by atoms with Crippen molar-refractivity contribution in [2.24, 2.45) is 5.41 Å². The molecule has 1 heterocycles. The van der Waals surface area contributed by atoms with Crippen molar-refractivity contribution < 1.29 is 4.79 Å². The van der Waals surface area contributed by atoms with E-state index in [0.717, 1.165) is 13.8 Å². The van der Waals surface area contributed by atoms with Gasteiger partial charge < -0.3 is 0 Å². The van der Waals surface area contributed by atoms with Crippen molar-refractivity contribution in [2.45, 2.75) is 97.8 Å². The molecule has 0 spiro atoms. The standard InChI is InChI=1S/C20H38OP2/c1-7-8-9-10-11-12-13-14-22-23-17(3)15-16(2)18(21)19(23)20(4,5)6/h15,17,19,22H,7-14H2,1-6H3. The quantitative estimate of drug-likeness (QED) is 0.317. The van der Waals surface area contributed by atoms with Gasteiger partial charge in [-0.3, -0.25) is 4.79 Å². The molecule has 0 aliphatic carbocycles. The molecule has 0 radical (unpaired) electrons. The van der Waals surface area contributed by atoms with Crippen LogP contribution >= 0.6 is 15.9 Å². The lowest BCUT2D eigenvalue weighted by molar-refractivity contribution is -0.116. The summed E-state index contributed by atoms with van der Waals surface area (Å²) in [6, 6.07) is 0. The third-order valence-corrected chi connectivity index (χ3v) is 12.0. The molecular formula is C20H38OP2. The maximum Gasteiger partial charge on any atom is 0.166 e. The highest BCUT2D eigenvalue weighted by atomic mass is 32.0. The number of hydrogen-bond donors (Lipinski definition) is 0. The zero-order chi connectivity index (χ0) is 17.5. The van der Waals surface area contributed by atoms with Gasteiger partial charge in [0.05, 0.1) is 5.66 Å². The summed E-state index contributed by atoms with van der Waals surface area (Å²) in [6.07, 6.45) is 13.3. The van der Waals surface area contributed by atoms with E-state index in [1.807, 2.05) is 6.92 Å². The average Bonchev–Trinajstić information content (AvgIpc) is 2.45. The minimum absolute atomic E-state index is 0.111. The second-order valence-corrected chi connectivity index (χ2v) is 13.6. The Labute approximate surface area is 147 Å². The second-order valence-electron chi connectivity index (χ2n) is 8.16. The van der Waals surface area contributed by atoms with Crippen LogP contribution in [0.2, 0.25) is 0 Å². The van der Waals surface area contributed by atoms with Gasteiger partial charge in [0, 0.05) is 0 Å². The Morgan fingerprint density at radius 3 is 2.22 bits per heavy atom. The van der Waals surface area contributed by atoms with Gasteiger partial charge in [0.2, 0.25) is 0 Å². The summed E-state index contributed by atoms with van der Waals surface area (Å²) >= 11 is 0. The molecule has 1 nitrogen and oxygen atoms in total. The fourth-order valence-electron chi connectivity index (χ4n) is 3.44. The molecule has 3 heteroatoms. The molecule has 1 rings (SSSR count). The maximum atomic E-state index is 12.7. The Kier molecular flexibility index (Phi) is 9.55. The highest BCUT2D eigenvalue weighted by Gasteiger charge is 2.42. The van der Waals surface area contributed by atoms with Crippen LogP contribution in [-0.4, -0.2) is 23.3 Å². The molecule has 134 valence electrons. The van der Waals surface area contributed by atoms with Crippen LogP contribution in [0.3, 0.4) is 0 Å². The Bertz CT molecular complexity index is 395. The first-order valence-corrected chi connectivity index (χ1v) is 13.1. The van der Waals surface area contributed by atoms with E-state index < -0.39 is 0 Å². The van der Waals surface area contributed by atoms with Crippen molar-refractivity contribution in [3.05, 3.63) is 11.6 Å². The molecule has 0 saturated heterocycles. The Morgan fingerprint density at radius 1 is 1.09 bits per heavy atom. The van der Waals surface area contributed by atoms with Gasteiger partial charge in [-0.25, -0.2) is 0 Å². The summed E-state index contributed by atoms with van der Waals surface area (Å²) in [5.41, 5.74) is 2.02. The molecule has 23 heavy (non-hydrogen) atoms. The van der Waals surface area contributed by atoms with Crippen molar-refractivity contribution >= 4 is 21.7 Å². The molecule has 1 aliphatic heterocycles. The number of rotatable bonds is 9. The Balaban J connectivity index is 2.45. The minimum atomic E-state index is -0.179. The van der Waals surface area contributed by atoms with Crippen LogP contribution < -0.4 is 0 Å². The van der Waals surface area contributed by atoms with Crippen molar-refractivity contribution in [2.75, 3.05) is 6.16 Å². The van der Waals surface area contributed by atoms with E-state index in [1.54, 1.807) is 0 Å². The average molecular weight is 356 g/mol. The van der Waals surface area contributed by atoms with Crippen molar-refractivity contribution in [1.82, 2.24) is 0 Å². The molecule has 0 aromatic rings. The largest absolute Gasteiger partial charge is 0.294 e. The van der Waals surface area contributed by atoms with Gasteiger partial charge in [0.25, 0.3) is 0 Å². The number of ketones is 1. The zero-order valence-electron chi connectivity index (χ0n) is 16.2. The lowest BCUT2D eigenvalue weighted by Gasteiger charge is -2.42. The number of Topliss-reactive ketones (excluding diaryl/α,β-unsaturated/α-hetero) is 1. The van der Waals surface area contributed by atoms with Crippen LogP contribution in [0.1, 0.15) is 86.5 Å². The number of hydrogen-bond acceptors (Lipinski definition) is 1. The van der Waals surface area contributed by atoms with Gasteiger partial charge in [-0.15, -0.1) is 0 Å². The fourth-order valence-corrected chi connectivity index (χ4v) is 11.1. The lowest BCUT2D eigenvalue weighted by atomic mass is 9.86. The molecule has 1 aliphatic rings. The van der Waals surface area contributed by atoms with Crippen molar-refractivity contribution in [1.29, 1.82) is 0 Å². The van der Waals surface area contributed by atoms with Gasteiger partial charge in [0.15, 0.2) is 5.78 Å². The molecule has 0 N–H and O–H groups in total. The predicted molar refractivity (Wildman–Crippen MR) is 110 cm³/mol. The van der Waals surface area contributed by atoms with Crippen LogP contribution in [0.25, 0.3) is 0 Å². The van der Waals surface area contributed by atoms with E-state index in [2.05, 4.69) is 40.7 Å². The van der Waals surface area contributed by atoms with E-state index in [-0.39, 0.29) is 18.7 Å². The Morgan fingerprint density at radius 2 is 1.65 bits per heavy atom. The third kappa shape index (κ3) is 6.96. The number of allylic oxidation sites excluding steroid dienone is 2. The van der Waals surface area contributed by atoms with E-state index >= 15 is 0 Å². The smallest absolute Gasteiger partial charge is 0.166 e. The number of carbonyl (C=O) groups is 1. The van der Waals surface area contributed by atoms with E-state index in [9.17, 15) is 4.79 Å². The molecule has 0 amide bonds. The van der Waals surface area contributed by atoms with Gasteiger partial charge >= 0.3 is 0 Å². The van der Waals surface area contributed by atoms with Crippen LogP contribution in [0.15, 0.2) is 11.6 Å². The maximum absolute atomic E-state index is 12.7. The van der Waals surface area contributed by atoms with Crippen molar-refractivity contribution in [3.8, 4) is 0 Å². The fraction of sp³-hybridized carbons (Fsp3) is 0.850. The van der Waals surface area contributed by atoms with Crippen LogP contribution in [0.4, 0.5) is 0 Å². The van der Waals surface area contributed by atoms with Crippen LogP contribution in [0, 0.1) is 5.41 Å². The highest BCUT2D eigenvalue weighted by Crippen LogP contribution is 2.68. The van der Waals surface area contributed by atoms with E-state index in [0.29, 0.717) is 11.4 Å². The zero-order valence-corrected chi connectivity index (χ0v) is 18.1.